The highest BCUT2D eigenvalue weighted by molar-refractivity contribution is 6.42. The summed E-state index contributed by atoms with van der Waals surface area (Å²) in [6, 6.07) is 8.19. The van der Waals surface area contributed by atoms with Crippen LogP contribution in [0.4, 0.5) is 10.1 Å². The minimum absolute atomic E-state index is 0.119. The first-order valence-corrected chi connectivity index (χ1v) is 6.32. The Bertz CT molecular complexity index is 646. The topological polar surface area (TPSA) is 29.1 Å². The molecule has 0 bridgehead atoms. The third-order valence-corrected chi connectivity index (χ3v) is 3.41. The predicted octanol–water partition coefficient (Wildman–Crippen LogP) is 5.04. The minimum atomic E-state index is -0.475. The zero-order valence-electron chi connectivity index (χ0n) is 9.38. The fraction of sp³-hybridized carbons (Fsp3) is 0. The van der Waals surface area contributed by atoms with Crippen LogP contribution in [0.1, 0.15) is 10.4 Å². The highest BCUT2D eigenvalue weighted by Crippen LogP contribution is 2.25. The van der Waals surface area contributed by atoms with Gasteiger partial charge in [0.25, 0.3) is 5.91 Å². The summed E-state index contributed by atoms with van der Waals surface area (Å²) in [5.74, 6) is -0.885. The Morgan fingerprint density at radius 2 is 1.68 bits per heavy atom. The number of halogens is 4. The van der Waals surface area contributed by atoms with Gasteiger partial charge in [0.1, 0.15) is 5.82 Å². The van der Waals surface area contributed by atoms with Gasteiger partial charge in [0, 0.05) is 5.56 Å². The van der Waals surface area contributed by atoms with E-state index >= 15 is 0 Å². The Hall–Kier alpha value is -1.29. The van der Waals surface area contributed by atoms with Gasteiger partial charge in [-0.3, -0.25) is 4.79 Å². The molecule has 98 valence electrons. The number of carbonyl (C=O) groups excluding carboxylic acids is 1. The van der Waals surface area contributed by atoms with E-state index in [1.54, 1.807) is 0 Å². The molecule has 0 aliphatic heterocycles. The molecule has 0 saturated heterocycles. The van der Waals surface area contributed by atoms with Crippen LogP contribution in [-0.2, 0) is 0 Å². The maximum absolute atomic E-state index is 12.9. The lowest BCUT2D eigenvalue weighted by atomic mass is 10.2. The molecule has 0 aliphatic carbocycles. The van der Waals surface area contributed by atoms with E-state index in [1.807, 2.05) is 0 Å². The molecular weight excluding hydrogens is 312 g/mol. The van der Waals surface area contributed by atoms with Gasteiger partial charge in [-0.1, -0.05) is 34.8 Å². The SMILES string of the molecule is O=C(Nc1ccc(F)cc1Cl)c1ccc(Cl)c(Cl)c1. The van der Waals surface area contributed by atoms with Crippen molar-refractivity contribution in [3.8, 4) is 0 Å². The van der Waals surface area contributed by atoms with E-state index in [1.165, 1.54) is 30.3 Å². The molecule has 6 heteroatoms. The van der Waals surface area contributed by atoms with Crippen LogP contribution in [0, 0.1) is 5.82 Å². The van der Waals surface area contributed by atoms with Gasteiger partial charge in [-0.2, -0.15) is 0 Å². The van der Waals surface area contributed by atoms with Gasteiger partial charge in [-0.05, 0) is 36.4 Å². The Morgan fingerprint density at radius 3 is 2.32 bits per heavy atom. The average molecular weight is 319 g/mol. The highest BCUT2D eigenvalue weighted by Gasteiger charge is 2.10. The molecule has 1 N–H and O–H groups in total. The summed E-state index contributed by atoms with van der Waals surface area (Å²) in [5, 5.41) is 3.32. The standard InChI is InChI=1S/C13H7Cl3FNO/c14-9-3-1-7(5-10(9)15)13(19)18-12-4-2-8(17)6-11(12)16/h1-6H,(H,18,19). The lowest BCUT2D eigenvalue weighted by Gasteiger charge is -2.08. The number of amides is 1. The number of rotatable bonds is 2. The number of anilines is 1. The quantitative estimate of drug-likeness (QED) is 0.826. The van der Waals surface area contributed by atoms with Gasteiger partial charge >= 0.3 is 0 Å². The molecule has 2 aromatic rings. The van der Waals surface area contributed by atoms with Crippen LogP contribution in [0.3, 0.4) is 0 Å². The average Bonchev–Trinajstić information content (AvgIpc) is 2.36. The smallest absolute Gasteiger partial charge is 0.255 e. The van der Waals surface area contributed by atoms with Crippen molar-refractivity contribution >= 4 is 46.4 Å². The van der Waals surface area contributed by atoms with Gasteiger partial charge in [-0.25, -0.2) is 4.39 Å². The van der Waals surface area contributed by atoms with E-state index in [0.717, 1.165) is 6.07 Å². The van der Waals surface area contributed by atoms with E-state index in [-0.39, 0.29) is 10.0 Å². The van der Waals surface area contributed by atoms with Crippen molar-refractivity contribution in [1.82, 2.24) is 0 Å². The first kappa shape index (κ1) is 14.1. The van der Waals surface area contributed by atoms with Crippen LogP contribution in [0.5, 0.6) is 0 Å². The predicted molar refractivity (Wildman–Crippen MR) is 75.8 cm³/mol. The fourth-order valence-corrected chi connectivity index (χ4v) is 1.94. The second kappa shape index (κ2) is 5.78. The molecule has 0 unspecified atom stereocenters. The zero-order valence-corrected chi connectivity index (χ0v) is 11.7. The van der Waals surface area contributed by atoms with Crippen LogP contribution in [-0.4, -0.2) is 5.91 Å². The van der Waals surface area contributed by atoms with Crippen molar-refractivity contribution in [2.75, 3.05) is 5.32 Å². The van der Waals surface area contributed by atoms with Crippen LogP contribution < -0.4 is 5.32 Å². The maximum atomic E-state index is 12.9. The highest BCUT2D eigenvalue weighted by atomic mass is 35.5. The first-order chi connectivity index (χ1) is 8.97. The third-order valence-electron chi connectivity index (χ3n) is 2.36. The summed E-state index contributed by atoms with van der Waals surface area (Å²) in [7, 11) is 0. The molecular formula is C13H7Cl3FNO. The normalized spacial score (nSPS) is 10.3. The van der Waals surface area contributed by atoms with E-state index in [2.05, 4.69) is 5.32 Å². The lowest BCUT2D eigenvalue weighted by molar-refractivity contribution is 0.102. The molecule has 0 saturated carbocycles. The molecule has 1 amide bonds. The molecule has 0 aliphatic rings. The van der Waals surface area contributed by atoms with Gasteiger partial charge in [0.05, 0.1) is 20.8 Å². The zero-order chi connectivity index (χ0) is 14.0. The number of carbonyl (C=O) groups is 1. The molecule has 0 radical (unpaired) electrons. The monoisotopic (exact) mass is 317 g/mol. The summed E-state index contributed by atoms with van der Waals surface area (Å²) >= 11 is 17.4. The fourth-order valence-electron chi connectivity index (χ4n) is 1.42. The molecule has 0 atom stereocenters. The Morgan fingerprint density at radius 1 is 0.947 bits per heavy atom. The van der Waals surface area contributed by atoms with E-state index in [4.69, 9.17) is 34.8 Å². The summed E-state index contributed by atoms with van der Waals surface area (Å²) in [6.45, 7) is 0. The molecule has 0 aromatic heterocycles. The van der Waals surface area contributed by atoms with Gasteiger partial charge < -0.3 is 5.32 Å². The van der Waals surface area contributed by atoms with Crippen LogP contribution in [0.25, 0.3) is 0 Å². The third kappa shape index (κ3) is 3.38. The van der Waals surface area contributed by atoms with E-state index in [9.17, 15) is 9.18 Å². The number of benzene rings is 2. The first-order valence-electron chi connectivity index (χ1n) is 5.19. The van der Waals surface area contributed by atoms with Crippen molar-refractivity contribution in [3.63, 3.8) is 0 Å². The molecule has 2 aromatic carbocycles. The summed E-state index contributed by atoms with van der Waals surface area (Å²) < 4.78 is 12.9. The lowest BCUT2D eigenvalue weighted by Crippen LogP contribution is -2.12. The minimum Gasteiger partial charge on any atom is -0.321 e. The summed E-state index contributed by atoms with van der Waals surface area (Å²) in [6.07, 6.45) is 0. The number of nitrogens with one attached hydrogen (secondary N) is 1. The van der Waals surface area contributed by atoms with Crippen LogP contribution >= 0.6 is 34.8 Å². The molecule has 2 nitrogen and oxygen atoms in total. The summed E-state index contributed by atoms with van der Waals surface area (Å²) in [4.78, 5) is 11.9. The van der Waals surface area contributed by atoms with Gasteiger partial charge in [-0.15, -0.1) is 0 Å². The Kier molecular flexibility index (Phi) is 4.30. The van der Waals surface area contributed by atoms with Crippen molar-refractivity contribution in [2.24, 2.45) is 0 Å². The van der Waals surface area contributed by atoms with Crippen LogP contribution in [0.2, 0.25) is 15.1 Å². The molecule has 0 heterocycles. The second-order valence-electron chi connectivity index (χ2n) is 3.71. The van der Waals surface area contributed by atoms with Crippen molar-refractivity contribution in [2.45, 2.75) is 0 Å². The van der Waals surface area contributed by atoms with Gasteiger partial charge in [0.15, 0.2) is 0 Å². The van der Waals surface area contributed by atoms with E-state index < -0.39 is 11.7 Å². The van der Waals surface area contributed by atoms with E-state index in [0.29, 0.717) is 16.3 Å². The molecule has 19 heavy (non-hydrogen) atoms. The van der Waals surface area contributed by atoms with Crippen molar-refractivity contribution < 1.29 is 9.18 Å². The molecule has 0 fully saturated rings. The van der Waals surface area contributed by atoms with Crippen molar-refractivity contribution in [3.05, 3.63) is 62.8 Å². The Balaban J connectivity index is 2.23. The number of hydrogen-bond donors (Lipinski definition) is 1. The van der Waals surface area contributed by atoms with Crippen LogP contribution in [0.15, 0.2) is 36.4 Å². The second-order valence-corrected chi connectivity index (χ2v) is 4.93. The molecule has 0 spiro atoms. The van der Waals surface area contributed by atoms with Crippen molar-refractivity contribution in [1.29, 1.82) is 0 Å². The largest absolute Gasteiger partial charge is 0.321 e. The number of hydrogen-bond acceptors (Lipinski definition) is 1. The maximum Gasteiger partial charge on any atom is 0.255 e. The Labute approximate surface area is 124 Å². The molecule has 2 rings (SSSR count). The van der Waals surface area contributed by atoms with Gasteiger partial charge in [0.2, 0.25) is 0 Å². The summed E-state index contributed by atoms with van der Waals surface area (Å²) in [5.41, 5.74) is 0.647.